The molecule has 2 aromatic rings. The summed E-state index contributed by atoms with van der Waals surface area (Å²) in [5.41, 5.74) is 4.23. The number of hydrogen-bond donors (Lipinski definition) is 2. The lowest BCUT2D eigenvalue weighted by Crippen LogP contribution is -2.23. The molecule has 0 amide bonds. The minimum Gasteiger partial charge on any atom is -0.478 e. The van der Waals surface area contributed by atoms with Crippen molar-refractivity contribution in [2.24, 2.45) is 0 Å². The van der Waals surface area contributed by atoms with Gasteiger partial charge in [0.25, 0.3) is 0 Å². The number of aliphatic carboxylic acids is 2. The summed E-state index contributed by atoms with van der Waals surface area (Å²) < 4.78 is 0. The maximum Gasteiger partial charge on any atom is 0.328 e. The van der Waals surface area contributed by atoms with Crippen LogP contribution in [0.2, 0.25) is 0 Å². The minimum absolute atomic E-state index is 0.489. The van der Waals surface area contributed by atoms with Crippen LogP contribution >= 0.6 is 0 Å². The van der Waals surface area contributed by atoms with Gasteiger partial charge in [0.2, 0.25) is 0 Å². The van der Waals surface area contributed by atoms with Crippen molar-refractivity contribution in [1.82, 2.24) is 9.88 Å². The van der Waals surface area contributed by atoms with E-state index in [4.69, 9.17) is 10.2 Å². The summed E-state index contributed by atoms with van der Waals surface area (Å²) in [6.07, 6.45) is 7.29. The Balaban J connectivity index is 0.000000321. The van der Waals surface area contributed by atoms with Crippen LogP contribution in [-0.4, -0.2) is 52.7 Å². The number of fused-ring (bicyclic) bond motifs is 1. The van der Waals surface area contributed by atoms with Crippen molar-refractivity contribution >= 4 is 17.6 Å². The summed E-state index contributed by atoms with van der Waals surface area (Å²) in [5, 5.41) is 15.6. The number of nitrogens with zero attached hydrogens (tertiary/aromatic N) is 3. The Kier molecular flexibility index (Phi) is 8.36. The van der Waals surface area contributed by atoms with Gasteiger partial charge in [-0.1, -0.05) is 24.3 Å². The number of benzene rings is 1. The SMILES string of the molecule is CN(C)CCCC1c2ccccc2CN1c1ccncc1.O=C(O)/C=C\C(=O)O. The molecule has 29 heavy (non-hydrogen) atoms. The highest BCUT2D eigenvalue weighted by Crippen LogP contribution is 2.39. The van der Waals surface area contributed by atoms with Crippen molar-refractivity contribution in [2.75, 3.05) is 25.5 Å². The molecule has 0 spiro atoms. The Bertz CT molecular complexity index is 821. The third kappa shape index (κ3) is 7.04. The van der Waals surface area contributed by atoms with E-state index in [1.165, 1.54) is 29.7 Å². The van der Waals surface area contributed by atoms with Crippen LogP contribution in [0.25, 0.3) is 0 Å². The Morgan fingerprint density at radius 1 is 1.10 bits per heavy atom. The van der Waals surface area contributed by atoms with Gasteiger partial charge in [-0.15, -0.1) is 0 Å². The van der Waals surface area contributed by atoms with E-state index < -0.39 is 11.9 Å². The standard InChI is InChI=1S/C18H23N3.C4H4O4/c1-20(2)13-5-8-18-17-7-4-3-6-15(17)14-21(18)16-9-11-19-12-10-16;5-3(6)1-2-4(7)8/h3-4,6-7,9-12,18H,5,8,13-14H2,1-2H3;1-2H,(H,5,6)(H,7,8)/b;2-1-. The number of carboxylic acid groups (broad SMARTS) is 2. The van der Waals surface area contributed by atoms with Gasteiger partial charge in [-0.05, 0) is 56.7 Å². The second-order valence-corrected chi connectivity index (χ2v) is 7.00. The Morgan fingerprint density at radius 2 is 1.72 bits per heavy atom. The van der Waals surface area contributed by atoms with Crippen LogP contribution < -0.4 is 4.90 Å². The first-order valence-corrected chi connectivity index (χ1v) is 9.41. The molecule has 7 heteroatoms. The van der Waals surface area contributed by atoms with E-state index >= 15 is 0 Å². The quantitative estimate of drug-likeness (QED) is 0.693. The largest absolute Gasteiger partial charge is 0.478 e. The zero-order chi connectivity index (χ0) is 21.2. The second kappa shape index (κ2) is 11.0. The molecular formula is C22H27N3O4. The maximum absolute atomic E-state index is 9.55. The molecule has 1 aliphatic heterocycles. The molecule has 0 fully saturated rings. The lowest BCUT2D eigenvalue weighted by atomic mass is 10.0. The van der Waals surface area contributed by atoms with Gasteiger partial charge >= 0.3 is 11.9 Å². The molecule has 1 aromatic carbocycles. The van der Waals surface area contributed by atoms with E-state index in [0.29, 0.717) is 18.2 Å². The summed E-state index contributed by atoms with van der Waals surface area (Å²) in [6, 6.07) is 13.6. The van der Waals surface area contributed by atoms with Crippen molar-refractivity contribution in [3.8, 4) is 0 Å². The molecule has 1 unspecified atom stereocenters. The molecule has 0 aliphatic carbocycles. The summed E-state index contributed by atoms with van der Waals surface area (Å²) in [6.45, 7) is 2.15. The zero-order valence-electron chi connectivity index (χ0n) is 16.7. The van der Waals surface area contributed by atoms with E-state index in [2.05, 4.69) is 65.3 Å². The van der Waals surface area contributed by atoms with Gasteiger partial charge < -0.3 is 20.0 Å². The predicted octanol–water partition coefficient (Wildman–Crippen LogP) is 3.20. The van der Waals surface area contributed by atoms with Gasteiger partial charge in [-0.2, -0.15) is 0 Å². The smallest absolute Gasteiger partial charge is 0.328 e. The van der Waals surface area contributed by atoms with Gasteiger partial charge in [0.1, 0.15) is 0 Å². The average Bonchev–Trinajstić information content (AvgIpc) is 3.06. The van der Waals surface area contributed by atoms with Crippen LogP contribution in [0.4, 0.5) is 5.69 Å². The Labute approximate surface area is 170 Å². The summed E-state index contributed by atoms with van der Waals surface area (Å²) in [4.78, 5) is 28.0. The van der Waals surface area contributed by atoms with Gasteiger partial charge in [0, 0.05) is 36.8 Å². The summed E-state index contributed by atoms with van der Waals surface area (Å²) >= 11 is 0. The normalized spacial score (nSPS) is 15.1. The first-order chi connectivity index (χ1) is 13.9. The van der Waals surface area contributed by atoms with Crippen molar-refractivity contribution in [3.63, 3.8) is 0 Å². The number of carbonyl (C=O) groups is 2. The van der Waals surface area contributed by atoms with E-state index in [1.54, 1.807) is 0 Å². The van der Waals surface area contributed by atoms with E-state index in [0.717, 1.165) is 13.1 Å². The van der Waals surface area contributed by atoms with E-state index in [1.807, 2.05) is 12.4 Å². The molecule has 7 nitrogen and oxygen atoms in total. The first kappa shape index (κ1) is 22.1. The van der Waals surface area contributed by atoms with Crippen molar-refractivity contribution in [2.45, 2.75) is 25.4 Å². The highest BCUT2D eigenvalue weighted by molar-refractivity contribution is 5.89. The monoisotopic (exact) mass is 397 g/mol. The number of anilines is 1. The molecule has 1 atom stereocenters. The third-order valence-corrected chi connectivity index (χ3v) is 4.58. The number of carboxylic acids is 2. The molecule has 1 aliphatic rings. The minimum atomic E-state index is -1.26. The fourth-order valence-corrected chi connectivity index (χ4v) is 3.33. The highest BCUT2D eigenvalue weighted by Gasteiger charge is 2.29. The lowest BCUT2D eigenvalue weighted by molar-refractivity contribution is -0.134. The lowest BCUT2D eigenvalue weighted by Gasteiger charge is -2.27. The van der Waals surface area contributed by atoms with Crippen LogP contribution in [0.15, 0.2) is 60.9 Å². The van der Waals surface area contributed by atoms with Crippen LogP contribution in [0.3, 0.4) is 0 Å². The van der Waals surface area contributed by atoms with Crippen LogP contribution in [0.1, 0.15) is 30.0 Å². The molecule has 0 saturated heterocycles. The molecule has 154 valence electrons. The highest BCUT2D eigenvalue weighted by atomic mass is 16.4. The third-order valence-electron chi connectivity index (χ3n) is 4.58. The molecular weight excluding hydrogens is 370 g/mol. The molecule has 0 radical (unpaired) electrons. The summed E-state index contributed by atoms with van der Waals surface area (Å²) in [5.74, 6) is -2.51. The second-order valence-electron chi connectivity index (χ2n) is 7.00. The molecule has 2 heterocycles. The number of rotatable bonds is 7. The van der Waals surface area contributed by atoms with Crippen LogP contribution in [0.5, 0.6) is 0 Å². The van der Waals surface area contributed by atoms with E-state index in [-0.39, 0.29) is 0 Å². The van der Waals surface area contributed by atoms with Crippen molar-refractivity contribution in [1.29, 1.82) is 0 Å². The fourth-order valence-electron chi connectivity index (χ4n) is 3.33. The van der Waals surface area contributed by atoms with Crippen molar-refractivity contribution < 1.29 is 19.8 Å². The van der Waals surface area contributed by atoms with Gasteiger partial charge in [0.15, 0.2) is 0 Å². The van der Waals surface area contributed by atoms with Crippen molar-refractivity contribution in [3.05, 3.63) is 72.1 Å². The molecule has 0 saturated carbocycles. The Hall–Kier alpha value is -3.19. The Morgan fingerprint density at radius 3 is 2.31 bits per heavy atom. The topological polar surface area (TPSA) is 94.0 Å². The molecule has 1 aromatic heterocycles. The number of pyridine rings is 1. The number of hydrogen-bond acceptors (Lipinski definition) is 5. The van der Waals surface area contributed by atoms with Crippen LogP contribution in [-0.2, 0) is 16.1 Å². The van der Waals surface area contributed by atoms with Crippen LogP contribution in [0, 0.1) is 0 Å². The molecule has 2 N–H and O–H groups in total. The zero-order valence-corrected chi connectivity index (χ0v) is 16.7. The average molecular weight is 397 g/mol. The molecule has 3 rings (SSSR count). The fraction of sp³-hybridized carbons (Fsp3) is 0.318. The molecule has 0 bridgehead atoms. The van der Waals surface area contributed by atoms with Gasteiger partial charge in [-0.3, -0.25) is 4.98 Å². The first-order valence-electron chi connectivity index (χ1n) is 9.41. The van der Waals surface area contributed by atoms with E-state index in [9.17, 15) is 9.59 Å². The number of aromatic nitrogens is 1. The van der Waals surface area contributed by atoms with Gasteiger partial charge in [0.05, 0.1) is 6.04 Å². The maximum atomic E-state index is 9.55. The van der Waals surface area contributed by atoms with Gasteiger partial charge in [-0.25, -0.2) is 9.59 Å². The predicted molar refractivity (Wildman–Crippen MR) is 112 cm³/mol. The summed E-state index contributed by atoms with van der Waals surface area (Å²) in [7, 11) is 4.28.